The van der Waals surface area contributed by atoms with Gasteiger partial charge in [-0.25, -0.2) is 0 Å². The van der Waals surface area contributed by atoms with Crippen molar-refractivity contribution in [1.82, 2.24) is 15.0 Å². The first-order valence-electron chi connectivity index (χ1n) is 15.7. The Labute approximate surface area is 278 Å². The summed E-state index contributed by atoms with van der Waals surface area (Å²) in [6.07, 6.45) is 0. The first kappa shape index (κ1) is 27.6. The molecule has 0 amide bonds. The van der Waals surface area contributed by atoms with Crippen LogP contribution >= 0.6 is 0 Å². The fourth-order valence-electron chi connectivity index (χ4n) is 6.48. The molecule has 0 aliphatic carbocycles. The molecule has 3 nitrogen and oxygen atoms in total. The minimum Gasteiger partial charge on any atom is -0.0617 e. The minimum absolute atomic E-state index is 0.256. The fourth-order valence-corrected chi connectivity index (χ4v) is 9.06. The zero-order valence-electron chi connectivity index (χ0n) is 25.3. The van der Waals surface area contributed by atoms with Gasteiger partial charge in [0.05, 0.1) is 0 Å². The summed E-state index contributed by atoms with van der Waals surface area (Å²) in [5.74, 6) is 1.98. The predicted molar refractivity (Wildman–Crippen MR) is 196 cm³/mol. The molecular formula is C43H27N3Se. The number of nitrogens with zero attached hydrogens (tertiary/aromatic N) is 3. The Bertz CT molecular complexity index is 2550. The van der Waals surface area contributed by atoms with Crippen molar-refractivity contribution in [3.63, 3.8) is 0 Å². The van der Waals surface area contributed by atoms with E-state index < -0.39 is 0 Å². The normalized spacial score (nSPS) is 11.4. The van der Waals surface area contributed by atoms with Crippen LogP contribution in [0.15, 0.2) is 164 Å². The number of rotatable bonds is 5. The third-order valence-electron chi connectivity index (χ3n) is 8.78. The SMILES string of the molecule is c1ccc(-c2ccc(-c3nc(-c4ccccc4)nc(-c4cccc5c(-c6cccc7c6[se]c6ccccc67)cccc45)n3)cc2)cc1. The summed E-state index contributed by atoms with van der Waals surface area (Å²) < 4.78 is 2.90. The van der Waals surface area contributed by atoms with Crippen molar-refractivity contribution in [1.29, 1.82) is 0 Å². The van der Waals surface area contributed by atoms with Gasteiger partial charge in [0.25, 0.3) is 0 Å². The molecule has 2 aromatic heterocycles. The Morgan fingerprint density at radius 2 is 0.766 bits per heavy atom. The Kier molecular flexibility index (Phi) is 6.82. The van der Waals surface area contributed by atoms with Crippen molar-refractivity contribution in [2.24, 2.45) is 0 Å². The van der Waals surface area contributed by atoms with Crippen molar-refractivity contribution in [3.05, 3.63) is 164 Å². The molecular weight excluding hydrogens is 637 g/mol. The summed E-state index contributed by atoms with van der Waals surface area (Å²) in [5.41, 5.74) is 7.79. The number of fused-ring (bicyclic) bond motifs is 4. The van der Waals surface area contributed by atoms with E-state index >= 15 is 0 Å². The number of benzene rings is 7. The summed E-state index contributed by atoms with van der Waals surface area (Å²) in [4.78, 5) is 15.2. The summed E-state index contributed by atoms with van der Waals surface area (Å²) in [6, 6.07) is 57.7. The summed E-state index contributed by atoms with van der Waals surface area (Å²) >= 11 is 0.256. The van der Waals surface area contributed by atoms with Crippen molar-refractivity contribution < 1.29 is 0 Å². The molecule has 0 saturated carbocycles. The molecule has 4 heteroatoms. The molecule has 0 atom stereocenters. The van der Waals surface area contributed by atoms with E-state index in [1.54, 1.807) is 0 Å². The van der Waals surface area contributed by atoms with Crippen LogP contribution in [-0.2, 0) is 0 Å². The van der Waals surface area contributed by atoms with E-state index in [0.29, 0.717) is 17.5 Å². The molecule has 0 spiro atoms. The molecule has 0 unspecified atom stereocenters. The average Bonchev–Trinajstić information content (AvgIpc) is 3.54. The molecule has 0 fully saturated rings. The van der Waals surface area contributed by atoms with Gasteiger partial charge in [-0.15, -0.1) is 0 Å². The Morgan fingerprint density at radius 1 is 0.298 bits per heavy atom. The van der Waals surface area contributed by atoms with Gasteiger partial charge < -0.3 is 0 Å². The monoisotopic (exact) mass is 665 g/mol. The van der Waals surface area contributed by atoms with E-state index in [2.05, 4.69) is 140 Å². The van der Waals surface area contributed by atoms with E-state index in [9.17, 15) is 0 Å². The van der Waals surface area contributed by atoms with Crippen LogP contribution in [0.1, 0.15) is 0 Å². The quantitative estimate of drug-likeness (QED) is 0.172. The summed E-state index contributed by atoms with van der Waals surface area (Å²) in [7, 11) is 0. The molecule has 7 aromatic carbocycles. The van der Waals surface area contributed by atoms with Crippen LogP contribution in [0.5, 0.6) is 0 Å². The van der Waals surface area contributed by atoms with Crippen molar-refractivity contribution in [2.75, 3.05) is 0 Å². The zero-order valence-corrected chi connectivity index (χ0v) is 27.1. The first-order valence-corrected chi connectivity index (χ1v) is 17.4. The van der Waals surface area contributed by atoms with E-state index in [4.69, 9.17) is 15.0 Å². The second-order valence-corrected chi connectivity index (χ2v) is 13.8. The molecule has 0 aliphatic rings. The van der Waals surface area contributed by atoms with Crippen LogP contribution in [0.25, 0.3) is 86.5 Å². The van der Waals surface area contributed by atoms with Gasteiger partial charge >= 0.3 is 232 Å². The fraction of sp³-hybridized carbons (Fsp3) is 0. The van der Waals surface area contributed by atoms with Gasteiger partial charge in [-0.2, -0.15) is 0 Å². The molecule has 0 N–H and O–H groups in total. The smallest absolute Gasteiger partial charge is 0.0617 e. The average molecular weight is 665 g/mol. The Morgan fingerprint density at radius 3 is 1.49 bits per heavy atom. The second-order valence-electron chi connectivity index (χ2n) is 11.6. The molecule has 9 rings (SSSR count). The molecule has 220 valence electrons. The van der Waals surface area contributed by atoms with Gasteiger partial charge in [0.1, 0.15) is 0 Å². The van der Waals surface area contributed by atoms with Crippen LogP contribution in [0.3, 0.4) is 0 Å². The van der Waals surface area contributed by atoms with Gasteiger partial charge in [0, 0.05) is 0 Å². The van der Waals surface area contributed by atoms with Crippen molar-refractivity contribution in [3.8, 4) is 56.4 Å². The van der Waals surface area contributed by atoms with Gasteiger partial charge in [-0.3, -0.25) is 0 Å². The third-order valence-corrected chi connectivity index (χ3v) is 11.3. The van der Waals surface area contributed by atoms with E-state index in [-0.39, 0.29) is 14.5 Å². The minimum atomic E-state index is 0.256. The first-order chi connectivity index (χ1) is 23.3. The number of hydrogen-bond donors (Lipinski definition) is 0. The standard InChI is InChI=1S/C43H27N3Se/c1-3-12-28(13-4-1)29-24-26-31(27-25-29)42-44-41(30-14-5-2-6-15-30)45-43(46-42)38-22-10-17-32-33(18-9-19-34(32)38)36-20-11-21-37-35-16-7-8-23-39(35)47-40(36)37/h1-27H. The Hall–Kier alpha value is -5.67. The molecule has 0 radical (unpaired) electrons. The van der Waals surface area contributed by atoms with Crippen molar-refractivity contribution in [2.45, 2.75) is 0 Å². The van der Waals surface area contributed by atoms with E-state index in [0.717, 1.165) is 27.6 Å². The maximum atomic E-state index is 5.12. The molecule has 47 heavy (non-hydrogen) atoms. The van der Waals surface area contributed by atoms with Gasteiger partial charge in [0.2, 0.25) is 0 Å². The Balaban J connectivity index is 1.22. The second kappa shape index (κ2) is 11.6. The van der Waals surface area contributed by atoms with Crippen LogP contribution in [0.4, 0.5) is 0 Å². The molecule has 2 heterocycles. The van der Waals surface area contributed by atoms with Gasteiger partial charge in [0.15, 0.2) is 0 Å². The molecule has 0 saturated heterocycles. The van der Waals surface area contributed by atoms with E-state index in [1.165, 1.54) is 41.4 Å². The van der Waals surface area contributed by atoms with Crippen LogP contribution in [0.2, 0.25) is 0 Å². The number of aromatic nitrogens is 3. The number of hydrogen-bond acceptors (Lipinski definition) is 3. The van der Waals surface area contributed by atoms with Crippen LogP contribution < -0.4 is 0 Å². The van der Waals surface area contributed by atoms with Crippen LogP contribution in [-0.4, -0.2) is 29.5 Å². The van der Waals surface area contributed by atoms with Crippen LogP contribution in [0, 0.1) is 0 Å². The van der Waals surface area contributed by atoms with Crippen molar-refractivity contribution >= 4 is 44.6 Å². The third kappa shape index (κ3) is 4.96. The zero-order chi connectivity index (χ0) is 31.2. The van der Waals surface area contributed by atoms with Gasteiger partial charge in [-0.1, -0.05) is 36.4 Å². The van der Waals surface area contributed by atoms with E-state index in [1.807, 2.05) is 24.3 Å². The molecule has 0 aliphatic heterocycles. The molecule has 9 aromatic rings. The topological polar surface area (TPSA) is 38.7 Å². The van der Waals surface area contributed by atoms with Gasteiger partial charge in [-0.05, 0) is 11.1 Å². The summed E-state index contributed by atoms with van der Waals surface area (Å²) in [6.45, 7) is 0. The molecule has 0 bridgehead atoms. The predicted octanol–water partition coefficient (Wildman–Crippen LogP) is 10.7. The summed E-state index contributed by atoms with van der Waals surface area (Å²) in [5, 5.41) is 5.05. The maximum absolute atomic E-state index is 5.12.